The zero-order valence-corrected chi connectivity index (χ0v) is 14.9. The molecule has 0 aliphatic rings. The highest BCUT2D eigenvalue weighted by atomic mass is 16.5. The van der Waals surface area contributed by atoms with Crippen LogP contribution in [0.1, 0.15) is 21.6 Å². The van der Waals surface area contributed by atoms with Crippen LogP contribution in [0.2, 0.25) is 0 Å². The van der Waals surface area contributed by atoms with Gasteiger partial charge in [-0.2, -0.15) is 5.26 Å². The molecule has 0 fully saturated rings. The van der Waals surface area contributed by atoms with Crippen molar-refractivity contribution in [3.05, 3.63) is 71.7 Å². The number of methoxy groups -OCH3 is 1. The largest absolute Gasteiger partial charge is 0.495 e. The number of hydrogen-bond donors (Lipinski definition) is 2. The van der Waals surface area contributed by atoms with Gasteiger partial charge in [-0.25, -0.2) is 9.97 Å². The molecule has 0 unspecified atom stereocenters. The van der Waals surface area contributed by atoms with E-state index in [1.165, 1.54) is 12.4 Å². The number of carbonyl (C=O) groups excluding carboxylic acids is 1. The average Bonchev–Trinajstić information content (AvgIpc) is 2.69. The van der Waals surface area contributed by atoms with Gasteiger partial charge in [-0.3, -0.25) is 4.79 Å². The number of ether oxygens (including phenoxy) is 1. The summed E-state index contributed by atoms with van der Waals surface area (Å²) in [5.74, 6) is 0.797. The van der Waals surface area contributed by atoms with E-state index < -0.39 is 0 Å². The number of nitrogens with one attached hydrogen (secondary N) is 2. The first-order valence-electron chi connectivity index (χ1n) is 8.14. The molecule has 0 radical (unpaired) electrons. The minimum atomic E-state index is -0.383. The van der Waals surface area contributed by atoms with Gasteiger partial charge in [0.25, 0.3) is 5.91 Å². The summed E-state index contributed by atoms with van der Waals surface area (Å²) in [6, 6.07) is 14.3. The fraction of sp³-hybridized carbons (Fsp3) is 0.100. The molecule has 0 atom stereocenters. The lowest BCUT2D eigenvalue weighted by Gasteiger charge is -2.11. The number of aryl methyl sites for hydroxylation is 1. The molecule has 3 aromatic rings. The molecule has 0 saturated heterocycles. The lowest BCUT2D eigenvalue weighted by atomic mass is 10.2. The number of carbonyl (C=O) groups is 1. The number of rotatable bonds is 5. The van der Waals surface area contributed by atoms with Crippen LogP contribution in [0.5, 0.6) is 5.75 Å². The van der Waals surface area contributed by atoms with Gasteiger partial charge in [-0.15, -0.1) is 0 Å². The van der Waals surface area contributed by atoms with Crippen LogP contribution in [0.15, 0.2) is 54.9 Å². The zero-order valence-electron chi connectivity index (χ0n) is 14.9. The van der Waals surface area contributed by atoms with Crippen LogP contribution >= 0.6 is 0 Å². The fourth-order valence-corrected chi connectivity index (χ4v) is 2.39. The minimum Gasteiger partial charge on any atom is -0.495 e. The van der Waals surface area contributed by atoms with E-state index in [9.17, 15) is 4.79 Å². The van der Waals surface area contributed by atoms with Crippen LogP contribution in [0.3, 0.4) is 0 Å². The van der Waals surface area contributed by atoms with E-state index in [1.54, 1.807) is 31.4 Å². The summed E-state index contributed by atoms with van der Waals surface area (Å²) < 4.78 is 5.32. The standard InChI is InChI=1S/C20H17N5O2/c1-13-3-8-18(27-2)16(9-13)25-19-12-22-17(11-23-19)20(26)24-15-6-4-14(10-21)5-7-15/h3-9,11-12H,1-2H3,(H,23,25)(H,24,26). The highest BCUT2D eigenvalue weighted by molar-refractivity contribution is 6.02. The van der Waals surface area contributed by atoms with E-state index in [2.05, 4.69) is 20.6 Å². The number of anilines is 3. The summed E-state index contributed by atoms with van der Waals surface area (Å²) in [5.41, 5.74) is 3.12. The molecule has 134 valence electrons. The maximum absolute atomic E-state index is 12.3. The molecule has 1 aromatic heterocycles. The topological polar surface area (TPSA) is 99.9 Å². The summed E-state index contributed by atoms with van der Waals surface area (Å²) in [6.45, 7) is 1.98. The van der Waals surface area contributed by atoms with Gasteiger partial charge in [0.2, 0.25) is 0 Å². The average molecular weight is 359 g/mol. The molecule has 3 rings (SSSR count). The van der Waals surface area contributed by atoms with E-state index >= 15 is 0 Å². The molecule has 0 aliphatic carbocycles. The first-order valence-corrected chi connectivity index (χ1v) is 8.14. The molecule has 1 heterocycles. The Morgan fingerprint density at radius 3 is 2.52 bits per heavy atom. The van der Waals surface area contributed by atoms with Gasteiger partial charge >= 0.3 is 0 Å². The molecule has 1 amide bonds. The van der Waals surface area contributed by atoms with E-state index in [-0.39, 0.29) is 11.6 Å². The first kappa shape index (κ1) is 17.9. The van der Waals surface area contributed by atoms with Gasteiger partial charge < -0.3 is 15.4 Å². The van der Waals surface area contributed by atoms with Crippen molar-refractivity contribution in [1.82, 2.24) is 9.97 Å². The Balaban J connectivity index is 1.70. The van der Waals surface area contributed by atoms with Crippen molar-refractivity contribution >= 4 is 23.1 Å². The Hall–Kier alpha value is -3.92. The van der Waals surface area contributed by atoms with E-state index in [0.717, 1.165) is 11.3 Å². The number of aromatic nitrogens is 2. The summed E-state index contributed by atoms with van der Waals surface area (Å²) in [4.78, 5) is 20.7. The number of nitriles is 1. The third-order valence-electron chi connectivity index (χ3n) is 3.77. The monoisotopic (exact) mass is 359 g/mol. The zero-order chi connectivity index (χ0) is 19.2. The summed E-state index contributed by atoms with van der Waals surface area (Å²) in [6.07, 6.45) is 2.87. The summed E-state index contributed by atoms with van der Waals surface area (Å²) in [5, 5.41) is 14.6. The molecule has 27 heavy (non-hydrogen) atoms. The third-order valence-corrected chi connectivity index (χ3v) is 3.77. The van der Waals surface area contributed by atoms with E-state index in [4.69, 9.17) is 10.00 Å². The molecule has 7 nitrogen and oxygen atoms in total. The number of amides is 1. The second kappa shape index (κ2) is 7.97. The van der Waals surface area contributed by atoms with Crippen molar-refractivity contribution < 1.29 is 9.53 Å². The first-order chi connectivity index (χ1) is 13.1. The van der Waals surface area contributed by atoms with Crippen LogP contribution < -0.4 is 15.4 Å². The second-order valence-electron chi connectivity index (χ2n) is 5.76. The molecule has 0 aliphatic heterocycles. The van der Waals surface area contributed by atoms with Crippen molar-refractivity contribution in [1.29, 1.82) is 5.26 Å². The Labute approximate surface area is 156 Å². The Morgan fingerprint density at radius 1 is 1.11 bits per heavy atom. The van der Waals surface area contributed by atoms with Crippen molar-refractivity contribution in [3.63, 3.8) is 0 Å². The van der Waals surface area contributed by atoms with Gasteiger partial charge in [0.15, 0.2) is 0 Å². The van der Waals surface area contributed by atoms with Crippen molar-refractivity contribution in [3.8, 4) is 11.8 Å². The van der Waals surface area contributed by atoms with Crippen LogP contribution in [0.25, 0.3) is 0 Å². The van der Waals surface area contributed by atoms with Gasteiger partial charge in [0.05, 0.1) is 36.8 Å². The maximum Gasteiger partial charge on any atom is 0.275 e. The number of hydrogen-bond acceptors (Lipinski definition) is 6. The Kier molecular flexibility index (Phi) is 5.28. The highest BCUT2D eigenvalue weighted by Gasteiger charge is 2.10. The second-order valence-corrected chi connectivity index (χ2v) is 5.76. The predicted molar refractivity (Wildman–Crippen MR) is 102 cm³/mol. The Bertz CT molecular complexity index is 992. The van der Waals surface area contributed by atoms with Crippen molar-refractivity contribution in [2.24, 2.45) is 0 Å². The Morgan fingerprint density at radius 2 is 1.89 bits per heavy atom. The van der Waals surface area contributed by atoms with Crippen LogP contribution in [0.4, 0.5) is 17.2 Å². The maximum atomic E-state index is 12.3. The minimum absolute atomic E-state index is 0.182. The quantitative estimate of drug-likeness (QED) is 0.721. The summed E-state index contributed by atoms with van der Waals surface area (Å²) >= 11 is 0. The highest BCUT2D eigenvalue weighted by Crippen LogP contribution is 2.27. The predicted octanol–water partition coefficient (Wildman–Crippen LogP) is 3.66. The molecular weight excluding hydrogens is 342 g/mol. The van der Waals surface area contributed by atoms with Crippen LogP contribution in [-0.2, 0) is 0 Å². The van der Waals surface area contributed by atoms with E-state index in [0.29, 0.717) is 22.8 Å². The lowest BCUT2D eigenvalue weighted by molar-refractivity contribution is 0.102. The number of benzene rings is 2. The van der Waals surface area contributed by atoms with Gasteiger partial charge in [-0.1, -0.05) is 6.07 Å². The molecule has 7 heteroatoms. The van der Waals surface area contributed by atoms with Gasteiger partial charge in [-0.05, 0) is 48.9 Å². The van der Waals surface area contributed by atoms with Gasteiger partial charge in [0, 0.05) is 5.69 Å². The molecule has 2 aromatic carbocycles. The summed E-state index contributed by atoms with van der Waals surface area (Å²) in [7, 11) is 1.60. The smallest absolute Gasteiger partial charge is 0.275 e. The van der Waals surface area contributed by atoms with Crippen molar-refractivity contribution in [2.75, 3.05) is 17.7 Å². The normalized spacial score (nSPS) is 9.96. The number of nitrogens with zero attached hydrogens (tertiary/aromatic N) is 3. The molecule has 0 bridgehead atoms. The van der Waals surface area contributed by atoms with Gasteiger partial charge in [0.1, 0.15) is 17.3 Å². The molecule has 0 spiro atoms. The third kappa shape index (κ3) is 4.38. The van der Waals surface area contributed by atoms with Crippen molar-refractivity contribution in [2.45, 2.75) is 6.92 Å². The molecular formula is C20H17N5O2. The van der Waals surface area contributed by atoms with Crippen LogP contribution in [0, 0.1) is 18.3 Å². The lowest BCUT2D eigenvalue weighted by Crippen LogP contribution is -2.14. The molecule has 2 N–H and O–H groups in total. The van der Waals surface area contributed by atoms with Crippen LogP contribution in [-0.4, -0.2) is 23.0 Å². The fourth-order valence-electron chi connectivity index (χ4n) is 2.39. The van der Waals surface area contributed by atoms with E-state index in [1.807, 2.05) is 31.2 Å². The SMILES string of the molecule is COc1ccc(C)cc1Nc1cnc(C(=O)Nc2ccc(C#N)cc2)cn1. The molecule has 0 saturated carbocycles.